The standard InChI is InChI=1S/C22H15NO5/c1-13(24)14-6-8-17(9-7-14)23-20(25)11-15(22(23)27)10-16-12-28-19-5-3-2-4-18(19)21(16)26/h2-10,12H,11H2,1H3/b15-10-. The molecular formula is C22H15NO5. The van der Waals surface area contributed by atoms with Crippen LogP contribution in [0.4, 0.5) is 5.69 Å². The first-order valence-corrected chi connectivity index (χ1v) is 8.65. The largest absolute Gasteiger partial charge is 0.463 e. The summed E-state index contributed by atoms with van der Waals surface area (Å²) in [7, 11) is 0. The average Bonchev–Trinajstić information content (AvgIpc) is 2.97. The molecule has 2 heterocycles. The summed E-state index contributed by atoms with van der Waals surface area (Å²) in [5.74, 6) is -0.987. The highest BCUT2D eigenvalue weighted by Gasteiger charge is 2.35. The van der Waals surface area contributed by atoms with Gasteiger partial charge >= 0.3 is 0 Å². The number of carbonyl (C=O) groups is 3. The molecule has 2 aromatic carbocycles. The van der Waals surface area contributed by atoms with Gasteiger partial charge in [-0.1, -0.05) is 12.1 Å². The van der Waals surface area contributed by atoms with Gasteiger partial charge in [-0.05, 0) is 49.4 Å². The Kier molecular flexibility index (Phi) is 4.24. The number of amides is 2. The Morgan fingerprint density at radius 2 is 1.75 bits per heavy atom. The van der Waals surface area contributed by atoms with Gasteiger partial charge < -0.3 is 4.42 Å². The van der Waals surface area contributed by atoms with Crippen molar-refractivity contribution in [3.63, 3.8) is 0 Å². The van der Waals surface area contributed by atoms with E-state index in [1.807, 2.05) is 0 Å². The topological polar surface area (TPSA) is 84.7 Å². The Hall–Kier alpha value is -3.80. The third kappa shape index (κ3) is 2.95. The van der Waals surface area contributed by atoms with Gasteiger partial charge in [0.05, 0.1) is 23.1 Å². The summed E-state index contributed by atoms with van der Waals surface area (Å²) in [6, 6.07) is 13.1. The summed E-state index contributed by atoms with van der Waals surface area (Å²) in [6.07, 6.45) is 2.59. The second kappa shape index (κ2) is 6.74. The number of imide groups is 1. The van der Waals surface area contributed by atoms with Gasteiger partial charge in [-0.3, -0.25) is 19.2 Å². The van der Waals surface area contributed by atoms with Crippen LogP contribution in [-0.2, 0) is 9.59 Å². The maximum absolute atomic E-state index is 12.8. The van der Waals surface area contributed by atoms with Crippen LogP contribution in [0.5, 0.6) is 0 Å². The van der Waals surface area contributed by atoms with Gasteiger partial charge in [0, 0.05) is 11.1 Å². The van der Waals surface area contributed by atoms with E-state index in [4.69, 9.17) is 4.42 Å². The van der Waals surface area contributed by atoms with E-state index in [1.54, 1.807) is 48.5 Å². The first-order valence-electron chi connectivity index (χ1n) is 8.65. The van der Waals surface area contributed by atoms with Crippen molar-refractivity contribution in [2.75, 3.05) is 4.90 Å². The zero-order valence-electron chi connectivity index (χ0n) is 15.0. The van der Waals surface area contributed by atoms with E-state index in [-0.39, 0.29) is 28.8 Å². The van der Waals surface area contributed by atoms with E-state index in [0.717, 1.165) is 4.90 Å². The van der Waals surface area contributed by atoms with E-state index in [2.05, 4.69) is 0 Å². The quantitative estimate of drug-likeness (QED) is 0.399. The predicted octanol–water partition coefficient (Wildman–Crippen LogP) is 3.34. The number of fused-ring (bicyclic) bond motifs is 1. The molecule has 4 rings (SSSR count). The van der Waals surface area contributed by atoms with Gasteiger partial charge in [-0.15, -0.1) is 0 Å². The number of para-hydroxylation sites is 1. The van der Waals surface area contributed by atoms with Gasteiger partial charge in [-0.25, -0.2) is 4.90 Å². The lowest BCUT2D eigenvalue weighted by atomic mass is 10.1. The fourth-order valence-corrected chi connectivity index (χ4v) is 3.17. The minimum absolute atomic E-state index is 0.103. The molecule has 1 fully saturated rings. The molecule has 28 heavy (non-hydrogen) atoms. The normalized spacial score (nSPS) is 15.6. The van der Waals surface area contributed by atoms with Crippen LogP contribution in [0.2, 0.25) is 0 Å². The van der Waals surface area contributed by atoms with Crippen LogP contribution in [0.1, 0.15) is 29.3 Å². The molecule has 0 saturated carbocycles. The van der Waals surface area contributed by atoms with Crippen molar-refractivity contribution in [1.82, 2.24) is 0 Å². The molecule has 1 aliphatic rings. The average molecular weight is 373 g/mol. The third-order valence-corrected chi connectivity index (χ3v) is 4.64. The van der Waals surface area contributed by atoms with Gasteiger partial charge in [0.1, 0.15) is 11.8 Å². The number of rotatable bonds is 3. The fourth-order valence-electron chi connectivity index (χ4n) is 3.17. The van der Waals surface area contributed by atoms with E-state index >= 15 is 0 Å². The molecule has 138 valence electrons. The van der Waals surface area contributed by atoms with E-state index in [0.29, 0.717) is 22.2 Å². The summed E-state index contributed by atoms with van der Waals surface area (Å²) in [4.78, 5) is 50.2. The van der Waals surface area contributed by atoms with Crippen molar-refractivity contribution in [2.24, 2.45) is 0 Å². The van der Waals surface area contributed by atoms with Crippen LogP contribution >= 0.6 is 0 Å². The zero-order valence-corrected chi connectivity index (χ0v) is 15.0. The number of anilines is 1. The first kappa shape index (κ1) is 17.6. The number of nitrogens with zero attached hydrogens (tertiary/aromatic N) is 1. The summed E-state index contributed by atoms with van der Waals surface area (Å²) in [5.41, 5.74) is 1.49. The maximum Gasteiger partial charge on any atom is 0.261 e. The van der Waals surface area contributed by atoms with Gasteiger partial charge in [0.15, 0.2) is 11.2 Å². The molecule has 0 N–H and O–H groups in total. The molecule has 0 atom stereocenters. The minimum atomic E-state index is -0.492. The summed E-state index contributed by atoms with van der Waals surface area (Å²) in [6.45, 7) is 1.44. The highest BCUT2D eigenvalue weighted by Crippen LogP contribution is 2.27. The Morgan fingerprint density at radius 1 is 1.04 bits per heavy atom. The third-order valence-electron chi connectivity index (χ3n) is 4.64. The molecule has 0 bridgehead atoms. The molecule has 0 unspecified atom stereocenters. The number of Topliss-reactive ketones (excluding diaryl/α,β-unsaturated/α-hetero) is 1. The van der Waals surface area contributed by atoms with Crippen LogP contribution in [0.15, 0.2) is 69.6 Å². The summed E-state index contributed by atoms with van der Waals surface area (Å²) in [5, 5.41) is 0.408. The molecule has 6 heteroatoms. The minimum Gasteiger partial charge on any atom is -0.463 e. The van der Waals surface area contributed by atoms with Crippen LogP contribution in [-0.4, -0.2) is 17.6 Å². The van der Waals surface area contributed by atoms with Crippen molar-refractivity contribution in [3.05, 3.63) is 81.7 Å². The van der Waals surface area contributed by atoms with E-state index in [1.165, 1.54) is 19.3 Å². The lowest BCUT2D eigenvalue weighted by Gasteiger charge is -2.13. The Balaban J connectivity index is 1.70. The van der Waals surface area contributed by atoms with E-state index < -0.39 is 11.8 Å². The van der Waals surface area contributed by atoms with Gasteiger partial charge in [0.25, 0.3) is 5.91 Å². The molecule has 0 aliphatic carbocycles. The molecule has 0 radical (unpaired) electrons. The molecule has 2 amide bonds. The monoisotopic (exact) mass is 373 g/mol. The van der Waals surface area contributed by atoms with Crippen molar-refractivity contribution >= 4 is 40.3 Å². The Labute approximate surface area is 159 Å². The molecule has 6 nitrogen and oxygen atoms in total. The number of benzene rings is 2. The number of carbonyl (C=O) groups excluding carboxylic acids is 3. The van der Waals surface area contributed by atoms with Crippen molar-refractivity contribution in [2.45, 2.75) is 13.3 Å². The van der Waals surface area contributed by atoms with Crippen molar-refractivity contribution in [3.8, 4) is 0 Å². The van der Waals surface area contributed by atoms with Crippen molar-refractivity contribution < 1.29 is 18.8 Å². The number of hydrogen-bond donors (Lipinski definition) is 0. The molecule has 0 spiro atoms. The molecular weight excluding hydrogens is 358 g/mol. The molecule has 1 aliphatic heterocycles. The lowest BCUT2D eigenvalue weighted by molar-refractivity contribution is -0.120. The Bertz CT molecular complexity index is 1220. The Morgan fingerprint density at radius 3 is 2.46 bits per heavy atom. The molecule has 1 aromatic heterocycles. The predicted molar refractivity (Wildman–Crippen MR) is 104 cm³/mol. The number of hydrogen-bond acceptors (Lipinski definition) is 5. The second-order valence-corrected chi connectivity index (χ2v) is 6.50. The number of ketones is 1. The highest BCUT2D eigenvalue weighted by atomic mass is 16.3. The molecule has 1 saturated heterocycles. The smallest absolute Gasteiger partial charge is 0.261 e. The SMILES string of the molecule is CC(=O)c1ccc(N2C(=O)C/C(=C/c3coc4ccccc4c3=O)C2=O)cc1. The second-order valence-electron chi connectivity index (χ2n) is 6.50. The van der Waals surface area contributed by atoms with Crippen molar-refractivity contribution in [1.29, 1.82) is 0 Å². The van der Waals surface area contributed by atoms with Crippen LogP contribution in [0.25, 0.3) is 17.0 Å². The van der Waals surface area contributed by atoms with Crippen LogP contribution < -0.4 is 10.3 Å². The van der Waals surface area contributed by atoms with Crippen LogP contribution in [0, 0.1) is 0 Å². The van der Waals surface area contributed by atoms with Gasteiger partial charge in [0.2, 0.25) is 5.91 Å². The first-order chi connectivity index (χ1) is 13.5. The zero-order chi connectivity index (χ0) is 19.8. The summed E-state index contributed by atoms with van der Waals surface area (Å²) >= 11 is 0. The van der Waals surface area contributed by atoms with E-state index in [9.17, 15) is 19.2 Å². The molecule has 3 aromatic rings. The fraction of sp³-hybridized carbons (Fsp3) is 0.0909. The summed E-state index contributed by atoms with van der Waals surface area (Å²) < 4.78 is 5.46. The maximum atomic E-state index is 12.8. The van der Waals surface area contributed by atoms with Gasteiger partial charge in [-0.2, -0.15) is 0 Å². The highest BCUT2D eigenvalue weighted by molar-refractivity contribution is 6.29. The van der Waals surface area contributed by atoms with Crippen LogP contribution in [0.3, 0.4) is 0 Å². The lowest BCUT2D eigenvalue weighted by Crippen LogP contribution is -2.28.